The Morgan fingerprint density at radius 1 is 1.31 bits per heavy atom. The van der Waals surface area contributed by atoms with Crippen molar-refractivity contribution in [1.82, 2.24) is 19.8 Å². The fraction of sp³-hybridized carbons (Fsp3) is 0.389. The summed E-state index contributed by atoms with van der Waals surface area (Å²) in [6, 6.07) is 5.85. The number of aromatic nitrogens is 2. The van der Waals surface area contributed by atoms with E-state index in [2.05, 4.69) is 10.3 Å². The number of rotatable bonds is 5. The number of likely N-dealkylation sites (tertiary alicyclic amines) is 1. The summed E-state index contributed by atoms with van der Waals surface area (Å²) >= 11 is 0. The lowest BCUT2D eigenvalue weighted by molar-refractivity contribution is -0.126. The zero-order chi connectivity index (χ0) is 18.5. The molecule has 1 aromatic heterocycles. The normalized spacial score (nSPS) is 17.2. The van der Waals surface area contributed by atoms with Crippen LogP contribution in [0.2, 0.25) is 0 Å². The maximum atomic E-state index is 13.1. The van der Waals surface area contributed by atoms with E-state index in [4.69, 9.17) is 5.73 Å². The summed E-state index contributed by atoms with van der Waals surface area (Å²) in [4.78, 5) is 30.9. The highest BCUT2D eigenvalue weighted by atomic mass is 19.1. The van der Waals surface area contributed by atoms with Crippen LogP contribution in [0.4, 0.5) is 4.39 Å². The van der Waals surface area contributed by atoms with Crippen LogP contribution in [0.5, 0.6) is 0 Å². The predicted octanol–water partition coefficient (Wildman–Crippen LogP) is 0.938. The third-order valence-electron chi connectivity index (χ3n) is 4.49. The lowest BCUT2D eigenvalue weighted by atomic mass is 9.97. The van der Waals surface area contributed by atoms with Gasteiger partial charge >= 0.3 is 0 Å². The number of carbonyl (C=O) groups excluding carboxylic acids is 2. The van der Waals surface area contributed by atoms with E-state index in [1.165, 1.54) is 24.7 Å². The molecule has 1 atom stereocenters. The molecule has 2 aromatic rings. The average Bonchev–Trinajstić information content (AvgIpc) is 3.16. The quantitative estimate of drug-likeness (QED) is 0.831. The first kappa shape index (κ1) is 18.1. The molecule has 0 saturated carbocycles. The first-order valence-corrected chi connectivity index (χ1v) is 8.65. The second kappa shape index (κ2) is 8.09. The Kier molecular flexibility index (Phi) is 5.62. The predicted molar refractivity (Wildman–Crippen MR) is 94.2 cm³/mol. The van der Waals surface area contributed by atoms with Gasteiger partial charge in [0.05, 0.1) is 18.4 Å². The van der Waals surface area contributed by atoms with Crippen LogP contribution in [-0.2, 0) is 4.79 Å². The highest BCUT2D eigenvalue weighted by molar-refractivity contribution is 5.93. The number of nitrogens with two attached hydrogens (primary N) is 1. The van der Waals surface area contributed by atoms with Gasteiger partial charge in [-0.25, -0.2) is 9.37 Å². The molecule has 1 unspecified atom stereocenters. The molecule has 1 aliphatic rings. The van der Waals surface area contributed by atoms with Crippen LogP contribution in [0, 0.1) is 11.7 Å². The minimum absolute atomic E-state index is 0.0695. The molecule has 7 nitrogen and oxygen atoms in total. The molecule has 26 heavy (non-hydrogen) atoms. The Morgan fingerprint density at radius 2 is 2.08 bits per heavy atom. The van der Waals surface area contributed by atoms with Crippen LogP contribution >= 0.6 is 0 Å². The number of hydrogen-bond donors (Lipinski definition) is 2. The van der Waals surface area contributed by atoms with Crippen molar-refractivity contribution in [2.24, 2.45) is 11.7 Å². The topological polar surface area (TPSA) is 93.2 Å². The maximum Gasteiger partial charge on any atom is 0.272 e. The van der Waals surface area contributed by atoms with Gasteiger partial charge in [-0.1, -0.05) is 0 Å². The maximum absolute atomic E-state index is 13.1. The van der Waals surface area contributed by atoms with Crippen LogP contribution in [0.25, 0.3) is 5.69 Å². The first-order valence-electron chi connectivity index (χ1n) is 8.65. The van der Waals surface area contributed by atoms with Crippen molar-refractivity contribution in [2.45, 2.75) is 12.8 Å². The number of carbonyl (C=O) groups is 2. The summed E-state index contributed by atoms with van der Waals surface area (Å²) in [5.74, 6) is -0.839. The largest absolute Gasteiger partial charge is 0.355 e. The Bertz CT molecular complexity index is 774. The molecule has 2 amide bonds. The molecule has 0 radical (unpaired) electrons. The summed E-state index contributed by atoms with van der Waals surface area (Å²) in [7, 11) is 0. The molecule has 0 aliphatic carbocycles. The zero-order valence-electron chi connectivity index (χ0n) is 14.4. The van der Waals surface area contributed by atoms with Gasteiger partial charge in [0.25, 0.3) is 5.91 Å². The average molecular weight is 359 g/mol. The molecule has 2 heterocycles. The molecule has 8 heteroatoms. The van der Waals surface area contributed by atoms with Gasteiger partial charge in [-0.2, -0.15) is 0 Å². The number of piperidine rings is 1. The molecule has 1 saturated heterocycles. The van der Waals surface area contributed by atoms with Crippen molar-refractivity contribution in [3.63, 3.8) is 0 Å². The third-order valence-corrected chi connectivity index (χ3v) is 4.49. The molecule has 138 valence electrons. The number of hydrogen-bond acceptors (Lipinski definition) is 4. The van der Waals surface area contributed by atoms with Gasteiger partial charge in [0.2, 0.25) is 5.91 Å². The zero-order valence-corrected chi connectivity index (χ0v) is 14.4. The van der Waals surface area contributed by atoms with Crippen molar-refractivity contribution in [3.8, 4) is 5.69 Å². The molecule has 3 rings (SSSR count). The Balaban J connectivity index is 1.74. The Morgan fingerprint density at radius 3 is 2.81 bits per heavy atom. The molecule has 3 N–H and O–H groups in total. The van der Waals surface area contributed by atoms with E-state index in [1.54, 1.807) is 21.6 Å². The van der Waals surface area contributed by atoms with E-state index in [-0.39, 0.29) is 23.5 Å². The van der Waals surface area contributed by atoms with Crippen LogP contribution in [0.3, 0.4) is 0 Å². The van der Waals surface area contributed by atoms with Gasteiger partial charge in [-0.05, 0) is 37.1 Å². The van der Waals surface area contributed by atoms with E-state index < -0.39 is 0 Å². The highest BCUT2D eigenvalue weighted by Gasteiger charge is 2.30. The van der Waals surface area contributed by atoms with E-state index >= 15 is 0 Å². The van der Waals surface area contributed by atoms with Crippen LogP contribution in [0.1, 0.15) is 23.3 Å². The number of nitrogens with one attached hydrogen (secondary N) is 1. The molecular formula is C18H22FN5O2. The van der Waals surface area contributed by atoms with Crippen molar-refractivity contribution >= 4 is 11.8 Å². The molecular weight excluding hydrogens is 337 g/mol. The van der Waals surface area contributed by atoms with E-state index in [0.717, 1.165) is 12.8 Å². The van der Waals surface area contributed by atoms with Gasteiger partial charge in [-0.3, -0.25) is 14.2 Å². The SMILES string of the molecule is NCCNC(=O)C1CCCN(C(=O)c2cncn2-c2ccc(F)cc2)C1. The first-order chi connectivity index (χ1) is 12.6. The summed E-state index contributed by atoms with van der Waals surface area (Å²) in [6.07, 6.45) is 4.52. The van der Waals surface area contributed by atoms with Crippen molar-refractivity contribution < 1.29 is 14.0 Å². The van der Waals surface area contributed by atoms with Gasteiger partial charge < -0.3 is 16.0 Å². The van der Waals surface area contributed by atoms with E-state index in [0.29, 0.717) is 37.6 Å². The van der Waals surface area contributed by atoms with E-state index in [1.807, 2.05) is 0 Å². The summed E-state index contributed by atoms with van der Waals surface area (Å²) in [6.45, 7) is 1.77. The monoisotopic (exact) mass is 359 g/mol. The summed E-state index contributed by atoms with van der Waals surface area (Å²) in [5, 5.41) is 2.78. The molecule has 0 bridgehead atoms. The Labute approximate surface area is 151 Å². The minimum atomic E-state index is -0.343. The fourth-order valence-electron chi connectivity index (χ4n) is 3.14. The number of imidazole rings is 1. The van der Waals surface area contributed by atoms with Gasteiger partial charge in [0.15, 0.2) is 0 Å². The minimum Gasteiger partial charge on any atom is -0.355 e. The van der Waals surface area contributed by atoms with Crippen LogP contribution in [-0.4, -0.2) is 52.4 Å². The molecule has 0 spiro atoms. The van der Waals surface area contributed by atoms with Crippen LogP contribution in [0.15, 0.2) is 36.8 Å². The summed E-state index contributed by atoms with van der Waals surface area (Å²) in [5.41, 5.74) is 6.46. The van der Waals surface area contributed by atoms with Gasteiger partial charge in [0, 0.05) is 31.9 Å². The lowest BCUT2D eigenvalue weighted by Crippen LogP contribution is -2.46. The second-order valence-corrected chi connectivity index (χ2v) is 6.30. The summed E-state index contributed by atoms with van der Waals surface area (Å²) < 4.78 is 14.8. The second-order valence-electron chi connectivity index (χ2n) is 6.30. The number of nitrogens with zero attached hydrogens (tertiary/aromatic N) is 3. The van der Waals surface area contributed by atoms with Crippen LogP contribution < -0.4 is 11.1 Å². The van der Waals surface area contributed by atoms with Gasteiger partial charge in [-0.15, -0.1) is 0 Å². The lowest BCUT2D eigenvalue weighted by Gasteiger charge is -2.32. The fourth-order valence-corrected chi connectivity index (χ4v) is 3.14. The van der Waals surface area contributed by atoms with Gasteiger partial charge in [0.1, 0.15) is 11.5 Å². The van der Waals surface area contributed by atoms with Crippen molar-refractivity contribution in [2.75, 3.05) is 26.2 Å². The molecule has 1 aliphatic heterocycles. The van der Waals surface area contributed by atoms with Crippen molar-refractivity contribution in [1.29, 1.82) is 0 Å². The number of halogens is 1. The number of amides is 2. The molecule has 1 aromatic carbocycles. The number of benzene rings is 1. The van der Waals surface area contributed by atoms with Crippen molar-refractivity contribution in [3.05, 3.63) is 48.3 Å². The smallest absolute Gasteiger partial charge is 0.272 e. The third kappa shape index (κ3) is 3.91. The standard InChI is InChI=1S/C18H22FN5O2/c19-14-3-5-15(6-4-14)24-12-21-10-16(24)18(26)23-9-1-2-13(11-23)17(25)22-8-7-20/h3-6,10,12-13H,1-2,7-9,11,20H2,(H,22,25). The Hall–Kier alpha value is -2.74. The molecule has 1 fully saturated rings. The highest BCUT2D eigenvalue weighted by Crippen LogP contribution is 2.20. The van der Waals surface area contributed by atoms with E-state index in [9.17, 15) is 14.0 Å².